The first-order valence-corrected chi connectivity index (χ1v) is 8.45. The maximum Gasteiger partial charge on any atom is 0.224 e. The van der Waals surface area contributed by atoms with Gasteiger partial charge in [-0.1, -0.05) is 45.2 Å². The average molecular weight is 319 g/mol. The number of pyridine rings is 1. The molecule has 1 aliphatic rings. The van der Waals surface area contributed by atoms with E-state index in [1.165, 1.54) is 19.3 Å². The van der Waals surface area contributed by atoms with E-state index in [1.807, 2.05) is 19.2 Å². The average Bonchev–Trinajstić information content (AvgIpc) is 2.54. The summed E-state index contributed by atoms with van der Waals surface area (Å²) in [4.78, 5) is 6.41. The Morgan fingerprint density at radius 2 is 2.04 bits per heavy atom. The van der Waals surface area contributed by atoms with Crippen molar-refractivity contribution in [3.63, 3.8) is 0 Å². The van der Waals surface area contributed by atoms with Crippen molar-refractivity contribution in [2.75, 3.05) is 13.7 Å². The SMILES string of the molecule is CN(/C(=N\O)c1cccnc1OCC(C)(C)C)C1CCCCC1. The fourth-order valence-electron chi connectivity index (χ4n) is 2.92. The lowest BCUT2D eigenvalue weighted by atomic mass is 9.94. The highest BCUT2D eigenvalue weighted by atomic mass is 16.5. The van der Waals surface area contributed by atoms with Crippen molar-refractivity contribution in [2.24, 2.45) is 10.6 Å². The Kier molecular flexibility index (Phi) is 5.85. The summed E-state index contributed by atoms with van der Waals surface area (Å²) in [5.41, 5.74) is 0.785. The molecule has 23 heavy (non-hydrogen) atoms. The summed E-state index contributed by atoms with van der Waals surface area (Å²) < 4.78 is 5.89. The third-order valence-electron chi connectivity index (χ3n) is 4.21. The number of nitrogens with zero attached hydrogens (tertiary/aromatic N) is 3. The second-order valence-electron chi connectivity index (χ2n) is 7.53. The zero-order chi connectivity index (χ0) is 16.9. The van der Waals surface area contributed by atoms with Gasteiger partial charge < -0.3 is 14.8 Å². The molecule has 0 saturated heterocycles. The van der Waals surface area contributed by atoms with E-state index in [9.17, 15) is 5.21 Å². The van der Waals surface area contributed by atoms with Crippen LogP contribution in [0.3, 0.4) is 0 Å². The van der Waals surface area contributed by atoms with Gasteiger partial charge in [0.25, 0.3) is 0 Å². The van der Waals surface area contributed by atoms with Gasteiger partial charge in [0, 0.05) is 19.3 Å². The van der Waals surface area contributed by atoms with Crippen LogP contribution in [-0.2, 0) is 0 Å². The van der Waals surface area contributed by atoms with Crippen LogP contribution in [0.1, 0.15) is 58.4 Å². The van der Waals surface area contributed by atoms with E-state index in [0.29, 0.717) is 24.4 Å². The fraction of sp³-hybridized carbons (Fsp3) is 0.667. The molecular formula is C18H29N3O2. The minimum Gasteiger partial charge on any atom is -0.477 e. The summed E-state index contributed by atoms with van der Waals surface area (Å²) in [6, 6.07) is 4.16. The lowest BCUT2D eigenvalue weighted by Gasteiger charge is -2.33. The predicted molar refractivity (Wildman–Crippen MR) is 92.1 cm³/mol. The molecule has 1 fully saturated rings. The molecule has 0 bridgehead atoms. The van der Waals surface area contributed by atoms with Gasteiger partial charge in [0.1, 0.15) is 0 Å². The summed E-state index contributed by atoms with van der Waals surface area (Å²) in [5, 5.41) is 13.2. The molecule has 5 heteroatoms. The minimum absolute atomic E-state index is 0.0422. The number of ether oxygens (including phenoxy) is 1. The van der Waals surface area contributed by atoms with Gasteiger partial charge in [-0.05, 0) is 30.4 Å². The van der Waals surface area contributed by atoms with Crippen molar-refractivity contribution < 1.29 is 9.94 Å². The number of hydrogen-bond donors (Lipinski definition) is 1. The molecule has 1 N–H and O–H groups in total. The highest BCUT2D eigenvalue weighted by Crippen LogP contribution is 2.26. The van der Waals surface area contributed by atoms with Crippen molar-refractivity contribution in [3.8, 4) is 5.88 Å². The van der Waals surface area contributed by atoms with E-state index in [2.05, 4.69) is 35.8 Å². The van der Waals surface area contributed by atoms with Crippen molar-refractivity contribution in [2.45, 2.75) is 58.9 Å². The van der Waals surface area contributed by atoms with Crippen molar-refractivity contribution >= 4 is 5.84 Å². The molecule has 5 nitrogen and oxygen atoms in total. The summed E-state index contributed by atoms with van der Waals surface area (Å²) in [6.07, 6.45) is 7.73. The second kappa shape index (κ2) is 7.66. The van der Waals surface area contributed by atoms with Crippen LogP contribution in [-0.4, -0.2) is 40.6 Å². The largest absolute Gasteiger partial charge is 0.477 e. The van der Waals surface area contributed by atoms with E-state index in [0.717, 1.165) is 18.4 Å². The highest BCUT2D eigenvalue weighted by Gasteiger charge is 2.25. The molecular weight excluding hydrogens is 290 g/mol. The van der Waals surface area contributed by atoms with Gasteiger partial charge in [-0.25, -0.2) is 4.98 Å². The van der Waals surface area contributed by atoms with Gasteiger partial charge in [0.2, 0.25) is 5.88 Å². The molecule has 1 aliphatic carbocycles. The lowest BCUT2D eigenvalue weighted by Crippen LogP contribution is -2.39. The zero-order valence-electron chi connectivity index (χ0n) is 14.7. The molecule has 1 heterocycles. The smallest absolute Gasteiger partial charge is 0.224 e. The first-order valence-electron chi connectivity index (χ1n) is 8.45. The van der Waals surface area contributed by atoms with Gasteiger partial charge in [0.05, 0.1) is 12.2 Å². The molecule has 128 valence electrons. The third kappa shape index (κ3) is 4.85. The minimum atomic E-state index is 0.0422. The van der Waals surface area contributed by atoms with E-state index in [4.69, 9.17) is 4.74 Å². The Labute approximate surface area is 139 Å². The Morgan fingerprint density at radius 3 is 2.65 bits per heavy atom. The lowest BCUT2D eigenvalue weighted by molar-refractivity contribution is 0.190. The topological polar surface area (TPSA) is 58.0 Å². The summed E-state index contributed by atoms with van der Waals surface area (Å²) in [6.45, 7) is 6.91. The molecule has 1 aromatic heterocycles. The first-order chi connectivity index (χ1) is 10.9. The van der Waals surface area contributed by atoms with Crippen LogP contribution in [0, 0.1) is 5.41 Å². The quantitative estimate of drug-likeness (QED) is 0.396. The van der Waals surface area contributed by atoms with Crippen molar-refractivity contribution in [1.29, 1.82) is 0 Å². The molecule has 0 unspecified atom stereocenters. The molecule has 2 rings (SSSR count). The van der Waals surface area contributed by atoms with Gasteiger partial charge in [-0.3, -0.25) is 0 Å². The van der Waals surface area contributed by atoms with Crippen LogP contribution < -0.4 is 4.74 Å². The van der Waals surface area contributed by atoms with Crippen LogP contribution in [0.2, 0.25) is 0 Å². The van der Waals surface area contributed by atoms with Crippen LogP contribution in [0.5, 0.6) is 5.88 Å². The van der Waals surface area contributed by atoms with Gasteiger partial charge in [-0.2, -0.15) is 0 Å². The Hall–Kier alpha value is -1.78. The molecule has 0 spiro atoms. The molecule has 1 aromatic rings. The van der Waals surface area contributed by atoms with Crippen LogP contribution in [0.25, 0.3) is 0 Å². The summed E-state index contributed by atoms with van der Waals surface area (Å²) in [5.74, 6) is 1.06. The molecule has 0 radical (unpaired) electrons. The van der Waals surface area contributed by atoms with Gasteiger partial charge in [-0.15, -0.1) is 0 Å². The molecule has 0 atom stereocenters. The van der Waals surface area contributed by atoms with Crippen LogP contribution in [0.15, 0.2) is 23.5 Å². The predicted octanol–water partition coefficient (Wildman–Crippen LogP) is 3.91. The summed E-state index contributed by atoms with van der Waals surface area (Å²) in [7, 11) is 1.99. The maximum absolute atomic E-state index is 9.60. The number of oxime groups is 1. The van der Waals surface area contributed by atoms with E-state index >= 15 is 0 Å². The number of aromatic nitrogens is 1. The zero-order valence-corrected chi connectivity index (χ0v) is 14.7. The molecule has 1 saturated carbocycles. The van der Waals surface area contributed by atoms with Gasteiger partial charge >= 0.3 is 0 Å². The van der Waals surface area contributed by atoms with E-state index in [-0.39, 0.29) is 5.41 Å². The highest BCUT2D eigenvalue weighted by molar-refractivity contribution is 6.00. The summed E-state index contributed by atoms with van der Waals surface area (Å²) >= 11 is 0. The van der Waals surface area contributed by atoms with E-state index in [1.54, 1.807) is 6.20 Å². The van der Waals surface area contributed by atoms with Crippen LogP contribution in [0.4, 0.5) is 0 Å². The number of hydrogen-bond acceptors (Lipinski definition) is 4. The number of amidine groups is 1. The van der Waals surface area contributed by atoms with E-state index < -0.39 is 0 Å². The standard InChI is InChI=1S/C18H29N3O2/c1-18(2,3)13-23-17-15(11-8-12-19-17)16(20-22)21(4)14-9-6-5-7-10-14/h8,11-12,14,22H,5-7,9-10,13H2,1-4H3/b20-16-. The monoisotopic (exact) mass is 319 g/mol. The maximum atomic E-state index is 9.60. The Morgan fingerprint density at radius 1 is 1.35 bits per heavy atom. The fourth-order valence-corrected chi connectivity index (χ4v) is 2.92. The van der Waals surface area contributed by atoms with Crippen LogP contribution >= 0.6 is 0 Å². The molecule has 0 aliphatic heterocycles. The Balaban J connectivity index is 2.20. The third-order valence-corrected chi connectivity index (χ3v) is 4.21. The second-order valence-corrected chi connectivity index (χ2v) is 7.53. The number of rotatable bonds is 4. The van der Waals surface area contributed by atoms with Crippen molar-refractivity contribution in [1.82, 2.24) is 9.88 Å². The molecule has 0 amide bonds. The first kappa shape index (κ1) is 17.6. The van der Waals surface area contributed by atoms with Crippen molar-refractivity contribution in [3.05, 3.63) is 23.9 Å². The molecule has 0 aromatic carbocycles. The Bertz CT molecular complexity index is 531. The normalized spacial score (nSPS) is 17.1. The van der Waals surface area contributed by atoms with Gasteiger partial charge in [0.15, 0.2) is 5.84 Å².